The van der Waals surface area contributed by atoms with Crippen molar-refractivity contribution in [2.75, 3.05) is 134 Å². The molecule has 11 N–H and O–H groups in total. The molecule has 3 aliphatic rings. The van der Waals surface area contributed by atoms with Crippen LogP contribution in [0.15, 0.2) is 24.3 Å². The van der Waals surface area contributed by atoms with Gasteiger partial charge in [-0.15, -0.1) is 0 Å². The topological polar surface area (TPSA) is 430 Å². The number of hydrogen-bond acceptors (Lipinski definition) is 20. The van der Waals surface area contributed by atoms with Gasteiger partial charge in [-0.25, -0.2) is 14.4 Å². The van der Waals surface area contributed by atoms with Gasteiger partial charge < -0.3 is 66.6 Å². The van der Waals surface area contributed by atoms with E-state index in [1.165, 1.54) is 0 Å². The largest absolute Gasteiger partial charge is 0.481 e. The molecule has 31 nitrogen and oxygen atoms in total. The van der Waals surface area contributed by atoms with E-state index in [2.05, 4.69) is 30.7 Å². The van der Waals surface area contributed by atoms with Crippen LogP contribution in [-0.4, -0.2) is 282 Å². The van der Waals surface area contributed by atoms with E-state index in [4.69, 9.17) is 20.1 Å². The minimum Gasteiger partial charge on any atom is -0.481 e. The van der Waals surface area contributed by atoms with Crippen LogP contribution in [0.3, 0.4) is 0 Å². The molecule has 1 aromatic carbocycles. The molecule has 0 saturated carbocycles. The highest BCUT2D eigenvalue weighted by Gasteiger charge is 2.30. The van der Waals surface area contributed by atoms with Gasteiger partial charge in [0.05, 0.1) is 26.2 Å². The van der Waals surface area contributed by atoms with Gasteiger partial charge in [0.1, 0.15) is 17.9 Å². The lowest BCUT2D eigenvalue weighted by molar-refractivity contribution is -0.142. The second-order valence-corrected chi connectivity index (χ2v) is 24.1. The van der Waals surface area contributed by atoms with Crippen LogP contribution >= 0.6 is 0 Å². The molecule has 5 rings (SSSR count). The first-order chi connectivity index (χ1) is 44.0. The van der Waals surface area contributed by atoms with E-state index >= 15 is 0 Å². The lowest BCUT2D eigenvalue weighted by atomic mass is 9.94. The van der Waals surface area contributed by atoms with Gasteiger partial charge in [-0.3, -0.25) is 58.1 Å². The third-order valence-corrected chi connectivity index (χ3v) is 16.8. The number of carbonyl (C=O) groups excluding carboxylic acids is 2. The second kappa shape index (κ2) is 40.2. The molecule has 0 bridgehead atoms. The Labute approximate surface area is 535 Å². The first-order valence-electron chi connectivity index (χ1n) is 32.0. The lowest BCUT2D eigenvalue weighted by Crippen LogP contribution is -2.53. The standard InChI is InChI=1S/C61H95N13O18/c75-50(62-21-9-8-11-47(57(88)89)63-61(92)64-48(58(90)91)17-18-51(76)77)12-7-5-3-1-2-4-6-10-22-68-29-32-73(33-30-68)60-66-49(65-59(67-60)72-23-19-45(20-24-72)37-52(78)79)36-44-15-13-43(14-16-44)35-46-38-71(41-55(84)85)28-27-69(39-53(80)81)25-26-70(40-54(82)83)31-34-74(46)42-56(86)87/h13-16,45-48H,1-12,17-42H2,(H,62,75)(H,76,77)(H,78,79)(H,80,81)(H,82,83)(H,84,85)(H,86,87)(H,88,89)(H,90,91)(H2,63,64,92)/t46?,47-,48-/m0/s1. The Morgan fingerprint density at radius 2 is 0.957 bits per heavy atom. The molecule has 3 amide bonds. The summed E-state index contributed by atoms with van der Waals surface area (Å²) >= 11 is 0. The summed E-state index contributed by atoms with van der Waals surface area (Å²) in [7, 11) is 0. The third kappa shape index (κ3) is 29.6. The number of nitrogens with one attached hydrogen (secondary N) is 3. The minimum absolute atomic E-state index is 0.0413. The average Bonchev–Trinajstić information content (AvgIpc) is 1.14. The number of rotatable bonds is 39. The first kappa shape index (κ1) is 74.9. The summed E-state index contributed by atoms with van der Waals surface area (Å²) < 4.78 is 0. The first-order valence-corrected chi connectivity index (χ1v) is 32.0. The summed E-state index contributed by atoms with van der Waals surface area (Å²) in [5.41, 5.74) is 1.75. The van der Waals surface area contributed by atoms with Crippen LogP contribution in [0.2, 0.25) is 0 Å². The third-order valence-electron chi connectivity index (χ3n) is 16.8. The van der Waals surface area contributed by atoms with Gasteiger partial charge in [0.25, 0.3) is 0 Å². The number of nitrogens with zero attached hydrogens (tertiary/aromatic N) is 10. The maximum Gasteiger partial charge on any atom is 0.326 e. The molecule has 3 atom stereocenters. The monoisotopic (exact) mass is 1300 g/mol. The fourth-order valence-corrected chi connectivity index (χ4v) is 11.7. The highest BCUT2D eigenvalue weighted by atomic mass is 16.4. The van der Waals surface area contributed by atoms with Crippen molar-refractivity contribution >= 4 is 71.6 Å². The Balaban J connectivity index is 1.08. The zero-order valence-electron chi connectivity index (χ0n) is 52.6. The van der Waals surface area contributed by atoms with E-state index in [9.17, 15) is 83.7 Å². The maximum atomic E-state index is 12.4. The fourth-order valence-electron chi connectivity index (χ4n) is 11.7. The quantitative estimate of drug-likeness (QED) is 0.0424. The van der Waals surface area contributed by atoms with Crippen LogP contribution in [0.5, 0.6) is 0 Å². The zero-order chi connectivity index (χ0) is 67.0. The van der Waals surface area contributed by atoms with Gasteiger partial charge in [-0.2, -0.15) is 15.0 Å². The summed E-state index contributed by atoms with van der Waals surface area (Å²) in [5, 5.41) is 83.5. The number of aliphatic carboxylic acids is 8. The van der Waals surface area contributed by atoms with E-state index in [1.807, 2.05) is 24.3 Å². The molecule has 2 aromatic rings. The van der Waals surface area contributed by atoms with Crippen LogP contribution < -0.4 is 25.8 Å². The van der Waals surface area contributed by atoms with Crippen LogP contribution in [0, 0.1) is 5.92 Å². The van der Waals surface area contributed by atoms with Crippen molar-refractivity contribution < 1.29 is 88.8 Å². The van der Waals surface area contributed by atoms with Gasteiger partial charge in [0.15, 0.2) is 0 Å². The molecule has 31 heteroatoms. The molecular formula is C61H95N13O18. The van der Waals surface area contributed by atoms with Crippen molar-refractivity contribution in [2.24, 2.45) is 5.92 Å². The molecule has 3 saturated heterocycles. The Kier molecular flexibility index (Phi) is 32.7. The van der Waals surface area contributed by atoms with Crippen LogP contribution in [0.1, 0.15) is 126 Å². The number of carboxylic acid groups (broad SMARTS) is 8. The van der Waals surface area contributed by atoms with Gasteiger partial charge in [-0.05, 0) is 81.4 Å². The van der Waals surface area contributed by atoms with Crippen molar-refractivity contribution in [1.29, 1.82) is 0 Å². The molecule has 1 aromatic heterocycles. The van der Waals surface area contributed by atoms with E-state index in [0.29, 0.717) is 95.4 Å². The number of hydrogen-bond donors (Lipinski definition) is 11. The van der Waals surface area contributed by atoms with Gasteiger partial charge >= 0.3 is 53.8 Å². The molecule has 512 valence electrons. The number of anilines is 2. The number of carboxylic acids is 8. The Morgan fingerprint density at radius 3 is 1.50 bits per heavy atom. The second-order valence-electron chi connectivity index (χ2n) is 24.1. The predicted octanol–water partition coefficient (Wildman–Crippen LogP) is 1.61. The smallest absolute Gasteiger partial charge is 0.326 e. The number of piperazine rings is 1. The summed E-state index contributed by atoms with van der Waals surface area (Å²) in [4.78, 5) is 147. The molecular weight excluding hydrogens is 1200 g/mol. The van der Waals surface area contributed by atoms with Gasteiger partial charge in [0, 0.05) is 123 Å². The Bertz CT molecular complexity index is 2710. The number of benzene rings is 1. The lowest BCUT2D eigenvalue weighted by Gasteiger charge is -2.37. The normalized spacial score (nSPS) is 17.8. The van der Waals surface area contributed by atoms with Crippen LogP contribution in [-0.2, 0) is 56.0 Å². The molecule has 4 heterocycles. The van der Waals surface area contributed by atoms with E-state index in [1.54, 1.807) is 19.6 Å². The highest BCUT2D eigenvalue weighted by Crippen LogP contribution is 2.26. The molecule has 3 fully saturated rings. The number of urea groups is 1. The Hall–Kier alpha value is -7.87. The summed E-state index contributed by atoms with van der Waals surface area (Å²) in [6.07, 6.45) is 10.7. The van der Waals surface area contributed by atoms with Crippen molar-refractivity contribution in [3.8, 4) is 0 Å². The van der Waals surface area contributed by atoms with Gasteiger partial charge in [-0.1, -0.05) is 62.8 Å². The van der Waals surface area contributed by atoms with E-state index in [0.717, 1.165) is 82.1 Å². The van der Waals surface area contributed by atoms with Gasteiger partial charge in [0.2, 0.25) is 17.8 Å². The summed E-state index contributed by atoms with van der Waals surface area (Å²) in [5.74, 6) is -7.52. The summed E-state index contributed by atoms with van der Waals surface area (Å²) in [6.45, 7) is 5.47. The number of amides is 3. The molecule has 0 radical (unpaired) electrons. The van der Waals surface area contributed by atoms with E-state index < -0.39 is 78.3 Å². The maximum absolute atomic E-state index is 12.4. The molecule has 3 aliphatic heterocycles. The summed E-state index contributed by atoms with van der Waals surface area (Å²) in [6, 6.07) is 3.43. The van der Waals surface area contributed by atoms with Crippen molar-refractivity contribution in [2.45, 2.75) is 140 Å². The van der Waals surface area contributed by atoms with Crippen LogP contribution in [0.4, 0.5) is 16.7 Å². The Morgan fingerprint density at radius 1 is 0.467 bits per heavy atom. The number of carbonyl (C=O) groups is 10. The van der Waals surface area contributed by atoms with Crippen LogP contribution in [0.25, 0.3) is 0 Å². The minimum atomic E-state index is -1.50. The number of unbranched alkanes of at least 4 members (excludes halogenated alkanes) is 8. The van der Waals surface area contributed by atoms with Crippen molar-refractivity contribution in [3.63, 3.8) is 0 Å². The number of piperidine rings is 1. The highest BCUT2D eigenvalue weighted by molar-refractivity contribution is 5.86. The molecule has 1 unspecified atom stereocenters. The molecule has 0 aliphatic carbocycles. The number of aromatic nitrogens is 3. The van der Waals surface area contributed by atoms with E-state index in [-0.39, 0.29) is 103 Å². The molecule has 0 spiro atoms. The zero-order valence-corrected chi connectivity index (χ0v) is 52.6. The van der Waals surface area contributed by atoms with Crippen molar-refractivity contribution in [3.05, 3.63) is 41.2 Å². The SMILES string of the molecule is O=C(O)CC[C@H](NC(=O)N[C@@H](CCCCNC(=O)CCCCCCCCCCN1CCN(c2nc(Cc3ccc(CC4CN(CC(=O)O)CCN(CC(=O)O)CCN(CC(=O)O)CCN4CC(=O)O)cc3)nc(N3CCC(CC(=O)O)CC3)n2)CC1)C(=O)O)C(=O)O. The molecule has 92 heavy (non-hydrogen) atoms. The fraction of sp³-hybridized carbons (Fsp3) is 0.689. The predicted molar refractivity (Wildman–Crippen MR) is 334 cm³/mol. The average molecular weight is 1300 g/mol. The van der Waals surface area contributed by atoms with Crippen molar-refractivity contribution in [1.82, 2.24) is 55.4 Å².